The van der Waals surface area contributed by atoms with Crippen LogP contribution in [0.1, 0.15) is 26.2 Å². The average Bonchev–Trinajstić information content (AvgIpc) is 2.65. The Morgan fingerprint density at radius 2 is 2.15 bits per heavy atom. The second-order valence-corrected chi connectivity index (χ2v) is 5.28. The summed E-state index contributed by atoms with van der Waals surface area (Å²) in [6.45, 7) is 4.59. The van der Waals surface area contributed by atoms with Crippen LogP contribution in [0.5, 0.6) is 0 Å². The van der Waals surface area contributed by atoms with E-state index in [0.29, 0.717) is 19.4 Å². The lowest BCUT2D eigenvalue weighted by Gasteiger charge is -2.30. The zero-order valence-corrected chi connectivity index (χ0v) is 11.7. The first-order valence-electron chi connectivity index (χ1n) is 7.06. The SMILES string of the molecule is CCN1CCCC(Nc2ccccc2F)(C(=O)O)CC1. The highest BCUT2D eigenvalue weighted by atomic mass is 19.1. The summed E-state index contributed by atoms with van der Waals surface area (Å²) in [6, 6.07) is 6.23. The van der Waals surface area contributed by atoms with Gasteiger partial charge in [0, 0.05) is 6.54 Å². The molecule has 1 aromatic carbocycles. The highest BCUT2D eigenvalue weighted by Crippen LogP contribution is 2.28. The Kier molecular flexibility index (Phi) is 4.60. The van der Waals surface area contributed by atoms with Crippen LogP contribution in [0.3, 0.4) is 0 Å². The Balaban J connectivity index is 2.22. The molecule has 1 heterocycles. The number of carboxylic acid groups (broad SMARTS) is 1. The molecule has 4 nitrogen and oxygen atoms in total. The van der Waals surface area contributed by atoms with Crippen molar-refractivity contribution in [3.8, 4) is 0 Å². The van der Waals surface area contributed by atoms with Crippen LogP contribution in [-0.2, 0) is 4.79 Å². The van der Waals surface area contributed by atoms with E-state index >= 15 is 0 Å². The van der Waals surface area contributed by atoms with Crippen LogP contribution >= 0.6 is 0 Å². The monoisotopic (exact) mass is 280 g/mol. The van der Waals surface area contributed by atoms with E-state index < -0.39 is 17.3 Å². The van der Waals surface area contributed by atoms with Crippen LogP contribution in [0.4, 0.5) is 10.1 Å². The predicted octanol–water partition coefficient (Wildman–Crippen LogP) is 2.57. The third-order valence-corrected chi connectivity index (χ3v) is 4.04. The van der Waals surface area contributed by atoms with E-state index in [1.807, 2.05) is 0 Å². The van der Waals surface area contributed by atoms with Gasteiger partial charge in [-0.2, -0.15) is 0 Å². The molecule has 0 saturated carbocycles. The molecule has 0 aromatic heterocycles. The lowest BCUT2D eigenvalue weighted by molar-refractivity contribution is -0.142. The Morgan fingerprint density at radius 3 is 2.80 bits per heavy atom. The molecule has 1 fully saturated rings. The molecule has 1 aliphatic heterocycles. The number of anilines is 1. The molecular formula is C15H21FN2O2. The number of rotatable bonds is 4. The number of carboxylic acids is 1. The summed E-state index contributed by atoms with van der Waals surface area (Å²) < 4.78 is 13.8. The minimum atomic E-state index is -1.08. The largest absolute Gasteiger partial charge is 0.480 e. The van der Waals surface area contributed by atoms with Gasteiger partial charge in [0.15, 0.2) is 0 Å². The maximum Gasteiger partial charge on any atom is 0.329 e. The summed E-state index contributed by atoms with van der Waals surface area (Å²) in [5.41, 5.74) is -0.814. The number of aliphatic carboxylic acids is 1. The zero-order chi connectivity index (χ0) is 14.6. The lowest BCUT2D eigenvalue weighted by Crippen LogP contribution is -2.47. The molecule has 0 aliphatic carbocycles. The molecule has 0 bridgehead atoms. The van der Waals surface area contributed by atoms with E-state index in [4.69, 9.17) is 0 Å². The number of likely N-dealkylation sites (tertiary alicyclic amines) is 1. The fourth-order valence-corrected chi connectivity index (χ4v) is 2.72. The number of hydrogen-bond donors (Lipinski definition) is 2. The van der Waals surface area contributed by atoms with Crippen molar-refractivity contribution >= 4 is 11.7 Å². The van der Waals surface area contributed by atoms with Crippen LogP contribution in [0.15, 0.2) is 24.3 Å². The third-order valence-electron chi connectivity index (χ3n) is 4.04. The van der Waals surface area contributed by atoms with Crippen molar-refractivity contribution in [2.45, 2.75) is 31.7 Å². The predicted molar refractivity (Wildman–Crippen MR) is 76.4 cm³/mol. The lowest BCUT2D eigenvalue weighted by atomic mass is 9.90. The highest BCUT2D eigenvalue weighted by Gasteiger charge is 2.40. The van der Waals surface area contributed by atoms with Crippen molar-refractivity contribution in [1.82, 2.24) is 4.90 Å². The Labute approximate surface area is 118 Å². The molecule has 0 radical (unpaired) electrons. The number of halogens is 1. The summed E-state index contributed by atoms with van der Waals surface area (Å²) in [5.74, 6) is -1.32. The van der Waals surface area contributed by atoms with Crippen LogP contribution in [0.25, 0.3) is 0 Å². The van der Waals surface area contributed by atoms with Gasteiger partial charge in [-0.25, -0.2) is 9.18 Å². The minimum absolute atomic E-state index is 0.264. The second-order valence-electron chi connectivity index (χ2n) is 5.28. The smallest absolute Gasteiger partial charge is 0.329 e. The maximum atomic E-state index is 13.8. The highest BCUT2D eigenvalue weighted by molar-refractivity contribution is 5.83. The molecule has 2 N–H and O–H groups in total. The topological polar surface area (TPSA) is 52.6 Å². The van der Waals surface area contributed by atoms with Gasteiger partial charge in [-0.15, -0.1) is 0 Å². The third kappa shape index (κ3) is 3.10. The molecule has 1 aliphatic rings. The maximum absolute atomic E-state index is 13.8. The van der Waals surface area contributed by atoms with Gasteiger partial charge in [-0.1, -0.05) is 19.1 Å². The molecule has 1 atom stereocenters. The summed E-state index contributed by atoms with van der Waals surface area (Å²) >= 11 is 0. The van der Waals surface area contributed by atoms with Gasteiger partial charge in [-0.05, 0) is 44.5 Å². The van der Waals surface area contributed by atoms with Crippen LogP contribution < -0.4 is 5.32 Å². The quantitative estimate of drug-likeness (QED) is 0.890. The van der Waals surface area contributed by atoms with Crippen molar-refractivity contribution in [2.24, 2.45) is 0 Å². The molecule has 1 aromatic rings. The van der Waals surface area contributed by atoms with Crippen LogP contribution in [0, 0.1) is 5.82 Å². The zero-order valence-electron chi connectivity index (χ0n) is 11.7. The normalized spacial score (nSPS) is 24.1. The van der Waals surface area contributed by atoms with Crippen molar-refractivity contribution in [1.29, 1.82) is 0 Å². The summed E-state index contributed by atoms with van der Waals surface area (Å²) in [7, 11) is 0. The molecule has 0 amide bonds. The first-order valence-corrected chi connectivity index (χ1v) is 7.06. The molecule has 110 valence electrons. The van der Waals surface area contributed by atoms with Crippen LogP contribution in [0.2, 0.25) is 0 Å². The molecule has 20 heavy (non-hydrogen) atoms. The van der Waals surface area contributed by atoms with Gasteiger partial charge in [0.25, 0.3) is 0 Å². The molecule has 0 spiro atoms. The number of nitrogens with zero attached hydrogens (tertiary/aromatic N) is 1. The first-order chi connectivity index (χ1) is 9.57. The molecule has 1 unspecified atom stereocenters. The van der Waals surface area contributed by atoms with Gasteiger partial charge in [0.05, 0.1) is 5.69 Å². The molecule has 5 heteroatoms. The Morgan fingerprint density at radius 1 is 1.40 bits per heavy atom. The van der Waals surface area contributed by atoms with Gasteiger partial charge in [-0.3, -0.25) is 0 Å². The second kappa shape index (κ2) is 6.22. The van der Waals surface area contributed by atoms with Crippen molar-refractivity contribution in [3.05, 3.63) is 30.1 Å². The summed E-state index contributed by atoms with van der Waals surface area (Å²) in [4.78, 5) is 14.0. The number of nitrogens with one attached hydrogen (secondary N) is 1. The van der Waals surface area contributed by atoms with E-state index in [0.717, 1.165) is 19.5 Å². The van der Waals surface area contributed by atoms with Gasteiger partial charge < -0.3 is 15.3 Å². The molecular weight excluding hydrogens is 259 g/mol. The van der Waals surface area contributed by atoms with Gasteiger partial charge in [0.2, 0.25) is 0 Å². The van der Waals surface area contributed by atoms with Crippen molar-refractivity contribution in [2.75, 3.05) is 25.0 Å². The fraction of sp³-hybridized carbons (Fsp3) is 0.533. The average molecular weight is 280 g/mol. The summed E-state index contributed by atoms with van der Waals surface area (Å²) in [6.07, 6.45) is 1.78. The summed E-state index contributed by atoms with van der Waals surface area (Å²) in [5, 5.41) is 12.6. The van der Waals surface area contributed by atoms with Gasteiger partial charge in [0.1, 0.15) is 11.4 Å². The molecule has 2 rings (SSSR count). The number of carbonyl (C=O) groups is 1. The number of para-hydroxylation sites is 1. The van der Waals surface area contributed by atoms with E-state index in [1.165, 1.54) is 6.07 Å². The first kappa shape index (κ1) is 14.8. The Hall–Kier alpha value is -1.62. The fourth-order valence-electron chi connectivity index (χ4n) is 2.72. The molecule has 1 saturated heterocycles. The Bertz CT molecular complexity index is 481. The number of benzene rings is 1. The van der Waals surface area contributed by atoms with E-state index in [2.05, 4.69) is 17.1 Å². The standard InChI is InChI=1S/C15H21FN2O2/c1-2-18-10-5-8-15(9-11-18,14(19)20)17-13-7-4-3-6-12(13)16/h3-4,6-7,17H,2,5,8-11H2,1H3,(H,19,20). The van der Waals surface area contributed by atoms with Gasteiger partial charge >= 0.3 is 5.97 Å². The van der Waals surface area contributed by atoms with E-state index in [1.54, 1.807) is 18.2 Å². The van der Waals surface area contributed by atoms with E-state index in [-0.39, 0.29) is 5.69 Å². The van der Waals surface area contributed by atoms with Crippen LogP contribution in [-0.4, -0.2) is 41.1 Å². The van der Waals surface area contributed by atoms with E-state index in [9.17, 15) is 14.3 Å². The minimum Gasteiger partial charge on any atom is -0.480 e. The van der Waals surface area contributed by atoms with Crippen molar-refractivity contribution < 1.29 is 14.3 Å². The van der Waals surface area contributed by atoms with Crippen molar-refractivity contribution in [3.63, 3.8) is 0 Å². The number of hydrogen-bond acceptors (Lipinski definition) is 3.